The summed E-state index contributed by atoms with van der Waals surface area (Å²) in [5.41, 5.74) is 3.85. The number of rotatable bonds is 9. The number of aromatic amines is 1. The van der Waals surface area contributed by atoms with Gasteiger partial charge in [-0.1, -0.05) is 48.0 Å². The number of ether oxygens (including phenoxy) is 2. The number of nitrogens with one attached hydrogen (secondary N) is 1. The zero-order valence-corrected chi connectivity index (χ0v) is 24.1. The van der Waals surface area contributed by atoms with E-state index in [2.05, 4.69) is 22.0 Å². The molecular weight excluding hydrogens is 546 g/mol. The maximum atomic E-state index is 13.5. The number of methoxy groups -OCH3 is 1. The van der Waals surface area contributed by atoms with Crippen LogP contribution in [-0.4, -0.2) is 67.4 Å². The lowest BCUT2D eigenvalue weighted by molar-refractivity contribution is -0.128. The smallest absolute Gasteiger partial charge is 0.355 e. The van der Waals surface area contributed by atoms with E-state index < -0.39 is 11.2 Å². The monoisotopic (exact) mass is 577 g/mol. The number of hydrogen-bond acceptors (Lipinski definition) is 6. The van der Waals surface area contributed by atoms with Crippen molar-refractivity contribution in [2.45, 2.75) is 12.2 Å². The fourth-order valence-electron chi connectivity index (χ4n) is 5.07. The van der Waals surface area contributed by atoms with Crippen LogP contribution < -0.4 is 9.64 Å². The fourth-order valence-corrected chi connectivity index (χ4v) is 6.67. The van der Waals surface area contributed by atoms with Crippen LogP contribution in [0.25, 0.3) is 10.9 Å². The normalized spacial score (nSPS) is 14.3. The van der Waals surface area contributed by atoms with Crippen molar-refractivity contribution in [1.29, 1.82) is 0 Å². The van der Waals surface area contributed by atoms with E-state index in [1.165, 1.54) is 17.4 Å². The molecule has 40 heavy (non-hydrogen) atoms. The maximum Gasteiger partial charge on any atom is 0.355 e. The van der Waals surface area contributed by atoms with E-state index in [0.29, 0.717) is 29.6 Å². The van der Waals surface area contributed by atoms with Gasteiger partial charge in [-0.25, -0.2) is 4.79 Å². The zero-order valence-electron chi connectivity index (χ0n) is 22.6. The summed E-state index contributed by atoms with van der Waals surface area (Å²) in [6.07, 6.45) is 0. The Morgan fingerprint density at radius 3 is 2.42 bits per heavy atom. The molecule has 0 spiro atoms. The second kappa shape index (κ2) is 12.7. The zero-order chi connectivity index (χ0) is 28.1. The standard InChI is InChI=1S/C31H32ClN3O4S/c1-3-39-31(37)29-28(24-19-22(38-2)13-14-26(24)33-29)30(23-11-7-8-12-25(23)32)40-20-27(36)35-17-15-34(16-18-35)21-9-5-4-6-10-21/h4-14,19,30,33H,3,15-18,20H2,1-2H3/t30-/m0/s1. The van der Waals surface area contributed by atoms with Crippen LogP contribution in [0, 0.1) is 0 Å². The number of halogens is 1. The number of H-pyrrole nitrogens is 1. The van der Waals surface area contributed by atoms with Crippen molar-refractivity contribution in [3.05, 3.63) is 94.6 Å². The van der Waals surface area contributed by atoms with E-state index in [0.717, 1.165) is 35.1 Å². The second-order valence-corrected chi connectivity index (χ2v) is 11.0. The highest BCUT2D eigenvalue weighted by Gasteiger charge is 2.30. The summed E-state index contributed by atoms with van der Waals surface area (Å²) in [6, 6.07) is 23.4. The van der Waals surface area contributed by atoms with Gasteiger partial charge >= 0.3 is 5.97 Å². The number of esters is 1. The van der Waals surface area contributed by atoms with E-state index in [1.807, 2.05) is 65.6 Å². The number of aromatic nitrogens is 1. The molecule has 1 saturated heterocycles. The van der Waals surface area contributed by atoms with Gasteiger partial charge in [-0.2, -0.15) is 0 Å². The van der Waals surface area contributed by atoms with Gasteiger partial charge in [-0.05, 0) is 48.9 Å². The molecule has 1 amide bonds. The fraction of sp³-hybridized carbons (Fsp3) is 0.290. The highest BCUT2D eigenvalue weighted by atomic mass is 35.5. The SMILES string of the molecule is CCOC(=O)c1[nH]c2ccc(OC)cc2c1[C@@H](SCC(=O)N1CCN(c2ccccc2)CC1)c1ccccc1Cl. The number of nitrogens with zero attached hydrogens (tertiary/aromatic N) is 2. The van der Waals surface area contributed by atoms with Crippen molar-refractivity contribution in [3.63, 3.8) is 0 Å². The van der Waals surface area contributed by atoms with Crippen molar-refractivity contribution in [1.82, 2.24) is 9.88 Å². The van der Waals surface area contributed by atoms with Crippen LogP contribution in [0.1, 0.15) is 33.8 Å². The number of anilines is 1. The Morgan fingerprint density at radius 2 is 1.73 bits per heavy atom. The van der Waals surface area contributed by atoms with Crippen LogP contribution >= 0.6 is 23.4 Å². The van der Waals surface area contributed by atoms with Gasteiger partial charge in [0.15, 0.2) is 0 Å². The van der Waals surface area contributed by atoms with Gasteiger partial charge in [0.2, 0.25) is 5.91 Å². The number of carbonyl (C=O) groups excluding carboxylic acids is 2. The number of hydrogen-bond donors (Lipinski definition) is 1. The first-order valence-corrected chi connectivity index (χ1v) is 14.7. The van der Waals surface area contributed by atoms with Crippen LogP contribution in [0.5, 0.6) is 5.75 Å². The van der Waals surface area contributed by atoms with E-state index in [1.54, 1.807) is 14.0 Å². The average Bonchev–Trinajstić information content (AvgIpc) is 3.37. The van der Waals surface area contributed by atoms with Gasteiger partial charge in [0.25, 0.3) is 0 Å². The van der Waals surface area contributed by atoms with Crippen LogP contribution in [0.4, 0.5) is 5.69 Å². The number of benzene rings is 3. The maximum absolute atomic E-state index is 13.5. The second-order valence-electron chi connectivity index (χ2n) is 9.46. The predicted molar refractivity (Wildman–Crippen MR) is 162 cm³/mol. The lowest BCUT2D eigenvalue weighted by atomic mass is 10.0. The molecule has 4 aromatic rings. The Morgan fingerprint density at radius 1 is 1.00 bits per heavy atom. The van der Waals surface area contributed by atoms with Crippen LogP contribution in [0.15, 0.2) is 72.8 Å². The molecule has 1 atom stereocenters. The summed E-state index contributed by atoms with van der Waals surface area (Å²) in [5, 5.41) is 0.989. The molecule has 208 valence electrons. The van der Waals surface area contributed by atoms with Crippen molar-refractivity contribution >= 4 is 51.8 Å². The third kappa shape index (κ3) is 5.93. The van der Waals surface area contributed by atoms with E-state index >= 15 is 0 Å². The third-order valence-corrected chi connectivity index (χ3v) is 8.68. The largest absolute Gasteiger partial charge is 0.497 e. The molecule has 0 aliphatic carbocycles. The van der Waals surface area contributed by atoms with E-state index in [4.69, 9.17) is 21.1 Å². The number of carbonyl (C=O) groups is 2. The quantitative estimate of drug-likeness (QED) is 0.240. The Bertz CT molecular complexity index is 1480. The number of piperazine rings is 1. The highest BCUT2D eigenvalue weighted by molar-refractivity contribution is 8.00. The minimum absolute atomic E-state index is 0.0601. The summed E-state index contributed by atoms with van der Waals surface area (Å²) in [5.74, 6) is 0.511. The molecular formula is C31H32ClN3O4S. The Hall–Kier alpha value is -3.62. The molecule has 1 aliphatic rings. The van der Waals surface area contributed by atoms with Crippen molar-refractivity contribution in [2.24, 2.45) is 0 Å². The molecule has 1 N–H and O–H groups in total. The number of para-hydroxylation sites is 1. The van der Waals surface area contributed by atoms with Gasteiger partial charge in [0.1, 0.15) is 11.4 Å². The molecule has 1 aromatic heterocycles. The first-order valence-electron chi connectivity index (χ1n) is 13.3. The molecule has 0 unspecified atom stereocenters. The molecule has 0 saturated carbocycles. The van der Waals surface area contributed by atoms with Crippen molar-refractivity contribution in [3.8, 4) is 5.75 Å². The molecule has 1 aliphatic heterocycles. The first kappa shape index (κ1) is 27.9. The minimum atomic E-state index is -0.450. The summed E-state index contributed by atoms with van der Waals surface area (Å²) >= 11 is 8.18. The summed E-state index contributed by atoms with van der Waals surface area (Å²) in [4.78, 5) is 34.1. The average molecular weight is 578 g/mol. The Kier molecular flexibility index (Phi) is 8.87. The molecule has 7 nitrogen and oxygen atoms in total. The number of amides is 1. The molecule has 9 heteroatoms. The molecule has 0 bridgehead atoms. The minimum Gasteiger partial charge on any atom is -0.497 e. The van der Waals surface area contributed by atoms with Gasteiger partial charge in [-0.3, -0.25) is 4.79 Å². The molecule has 0 radical (unpaired) electrons. The van der Waals surface area contributed by atoms with E-state index in [9.17, 15) is 9.59 Å². The van der Waals surface area contributed by atoms with Crippen LogP contribution in [-0.2, 0) is 9.53 Å². The van der Waals surface area contributed by atoms with Gasteiger partial charge < -0.3 is 24.3 Å². The Balaban J connectivity index is 1.44. The van der Waals surface area contributed by atoms with Crippen LogP contribution in [0.2, 0.25) is 5.02 Å². The topological polar surface area (TPSA) is 74.9 Å². The van der Waals surface area contributed by atoms with Gasteiger partial charge in [0, 0.05) is 53.4 Å². The van der Waals surface area contributed by atoms with Gasteiger partial charge in [0.05, 0.1) is 24.7 Å². The van der Waals surface area contributed by atoms with Gasteiger partial charge in [-0.15, -0.1) is 11.8 Å². The molecule has 1 fully saturated rings. The van der Waals surface area contributed by atoms with Crippen molar-refractivity contribution < 1.29 is 19.1 Å². The molecule has 5 rings (SSSR count). The molecule has 2 heterocycles. The van der Waals surface area contributed by atoms with E-state index in [-0.39, 0.29) is 18.3 Å². The third-order valence-electron chi connectivity index (χ3n) is 7.10. The lowest BCUT2D eigenvalue weighted by Gasteiger charge is -2.36. The summed E-state index contributed by atoms with van der Waals surface area (Å²) in [7, 11) is 1.61. The van der Waals surface area contributed by atoms with Crippen molar-refractivity contribution in [2.75, 3.05) is 50.5 Å². The molecule has 3 aromatic carbocycles. The first-order chi connectivity index (χ1) is 19.5. The Labute approximate surface area is 243 Å². The number of thioether (sulfide) groups is 1. The predicted octanol–water partition coefficient (Wildman–Crippen LogP) is 6.18. The summed E-state index contributed by atoms with van der Waals surface area (Å²) < 4.78 is 10.9. The highest BCUT2D eigenvalue weighted by Crippen LogP contribution is 2.44. The number of fused-ring (bicyclic) bond motifs is 1. The lowest BCUT2D eigenvalue weighted by Crippen LogP contribution is -2.49. The summed E-state index contributed by atoms with van der Waals surface area (Å²) in [6.45, 7) is 4.90. The van der Waals surface area contributed by atoms with Crippen LogP contribution in [0.3, 0.4) is 0 Å².